The quantitative estimate of drug-likeness (QED) is 0.626. The van der Waals surface area contributed by atoms with E-state index in [2.05, 4.69) is 0 Å². The van der Waals surface area contributed by atoms with Gasteiger partial charge in [-0.15, -0.1) is 0 Å². The predicted octanol–water partition coefficient (Wildman–Crippen LogP) is 2.98. The van der Waals surface area contributed by atoms with Gasteiger partial charge in [0.15, 0.2) is 0 Å². The van der Waals surface area contributed by atoms with Crippen molar-refractivity contribution in [2.75, 3.05) is 11.4 Å². The van der Waals surface area contributed by atoms with Gasteiger partial charge in [0.2, 0.25) is 0 Å². The molecule has 0 aromatic heterocycles. The molecule has 0 radical (unpaired) electrons. The van der Waals surface area contributed by atoms with E-state index in [-0.39, 0.29) is 10.6 Å². The van der Waals surface area contributed by atoms with E-state index in [1.807, 2.05) is 19.1 Å². The molecule has 6 nitrogen and oxygen atoms in total. The summed E-state index contributed by atoms with van der Waals surface area (Å²) in [6.45, 7) is 1.95. The van der Waals surface area contributed by atoms with Crippen LogP contribution in [0.25, 0.3) is 0 Å². The molecule has 0 amide bonds. The summed E-state index contributed by atoms with van der Waals surface area (Å²) in [5, 5.41) is 10.6. The van der Waals surface area contributed by atoms with E-state index in [0.717, 1.165) is 5.56 Å². The molecule has 0 aliphatic carbocycles. The summed E-state index contributed by atoms with van der Waals surface area (Å²) in [6.07, 6.45) is 0.705. The summed E-state index contributed by atoms with van der Waals surface area (Å²) in [7, 11) is -2.28. The van der Waals surface area contributed by atoms with Crippen molar-refractivity contribution < 1.29 is 13.3 Å². The number of aryl methyl sites for hydroxylation is 1. The van der Waals surface area contributed by atoms with E-state index < -0.39 is 14.9 Å². The second kappa shape index (κ2) is 6.15. The molecular weight excluding hydrogens is 304 g/mol. The van der Waals surface area contributed by atoms with E-state index >= 15 is 0 Å². The number of sulfonamides is 1. The van der Waals surface area contributed by atoms with Gasteiger partial charge in [0.25, 0.3) is 15.7 Å². The summed E-state index contributed by atoms with van der Waals surface area (Å²) in [5.41, 5.74) is 1.37. The van der Waals surface area contributed by atoms with Gasteiger partial charge in [-0.25, -0.2) is 8.42 Å². The first-order valence-electron chi connectivity index (χ1n) is 6.69. The molecule has 2 rings (SSSR count). The van der Waals surface area contributed by atoms with E-state index in [4.69, 9.17) is 0 Å². The Morgan fingerprint density at radius 3 is 2.23 bits per heavy atom. The van der Waals surface area contributed by atoms with E-state index in [0.29, 0.717) is 12.1 Å². The zero-order valence-corrected chi connectivity index (χ0v) is 13.1. The van der Waals surface area contributed by atoms with Crippen molar-refractivity contribution in [1.29, 1.82) is 0 Å². The third-order valence-electron chi connectivity index (χ3n) is 3.42. The van der Waals surface area contributed by atoms with Crippen LogP contribution in [0.1, 0.15) is 12.5 Å². The van der Waals surface area contributed by atoms with Crippen molar-refractivity contribution in [2.24, 2.45) is 0 Å². The van der Waals surface area contributed by atoms with Crippen LogP contribution >= 0.6 is 0 Å². The number of rotatable bonds is 5. The maximum Gasteiger partial charge on any atom is 0.269 e. The van der Waals surface area contributed by atoms with Crippen LogP contribution in [0, 0.1) is 10.1 Å². The van der Waals surface area contributed by atoms with Gasteiger partial charge < -0.3 is 0 Å². The molecule has 0 fully saturated rings. The average Bonchev–Trinajstić information content (AvgIpc) is 2.54. The van der Waals surface area contributed by atoms with E-state index in [1.54, 1.807) is 12.1 Å². The largest absolute Gasteiger partial charge is 0.269 e. The lowest BCUT2D eigenvalue weighted by atomic mass is 10.1. The van der Waals surface area contributed by atoms with Gasteiger partial charge in [0.05, 0.1) is 15.5 Å². The highest BCUT2D eigenvalue weighted by Crippen LogP contribution is 2.26. The molecule has 7 heteroatoms. The molecule has 22 heavy (non-hydrogen) atoms. The SMILES string of the molecule is CCc1ccccc1N(C)S(=O)(=O)c1ccc([N+](=O)[O-])cc1. The minimum Gasteiger partial charge on any atom is -0.269 e. The van der Waals surface area contributed by atoms with Crippen molar-refractivity contribution >= 4 is 21.4 Å². The zero-order valence-electron chi connectivity index (χ0n) is 12.3. The first-order chi connectivity index (χ1) is 10.4. The molecule has 0 spiro atoms. The van der Waals surface area contributed by atoms with Crippen LogP contribution in [0.4, 0.5) is 11.4 Å². The number of non-ortho nitro benzene ring substituents is 1. The Morgan fingerprint density at radius 2 is 1.68 bits per heavy atom. The van der Waals surface area contributed by atoms with Gasteiger partial charge >= 0.3 is 0 Å². The predicted molar refractivity (Wildman–Crippen MR) is 84.5 cm³/mol. The van der Waals surface area contributed by atoms with Crippen molar-refractivity contribution in [2.45, 2.75) is 18.2 Å². The Hall–Kier alpha value is -2.41. The van der Waals surface area contributed by atoms with E-state index in [1.165, 1.54) is 35.6 Å². The topological polar surface area (TPSA) is 80.5 Å². The molecule has 0 saturated carbocycles. The van der Waals surface area contributed by atoms with Crippen molar-refractivity contribution in [3.05, 3.63) is 64.2 Å². The molecule has 0 aliphatic heterocycles. The van der Waals surface area contributed by atoms with Crippen LogP contribution in [0.2, 0.25) is 0 Å². The highest BCUT2D eigenvalue weighted by Gasteiger charge is 2.23. The van der Waals surface area contributed by atoms with Crippen molar-refractivity contribution in [1.82, 2.24) is 0 Å². The fraction of sp³-hybridized carbons (Fsp3) is 0.200. The molecule has 0 atom stereocenters. The Balaban J connectivity index is 2.43. The first kappa shape index (κ1) is 16.0. The monoisotopic (exact) mass is 320 g/mol. The summed E-state index contributed by atoms with van der Waals surface area (Å²) < 4.78 is 26.5. The molecule has 0 bridgehead atoms. The Morgan fingerprint density at radius 1 is 1.09 bits per heavy atom. The Labute approximate surface area is 129 Å². The van der Waals surface area contributed by atoms with Crippen molar-refractivity contribution in [3.8, 4) is 0 Å². The highest BCUT2D eigenvalue weighted by molar-refractivity contribution is 7.92. The molecule has 116 valence electrons. The minimum atomic E-state index is -3.76. The van der Waals surface area contributed by atoms with Gasteiger partial charge in [0.1, 0.15) is 0 Å². The van der Waals surface area contributed by atoms with Crippen LogP contribution < -0.4 is 4.31 Å². The van der Waals surface area contributed by atoms with Crippen LogP contribution in [0.15, 0.2) is 53.4 Å². The fourth-order valence-corrected chi connectivity index (χ4v) is 3.38. The standard InChI is InChI=1S/C15H16N2O4S/c1-3-12-6-4-5-7-15(12)16(2)22(20,21)14-10-8-13(9-11-14)17(18)19/h4-11H,3H2,1-2H3. The van der Waals surface area contributed by atoms with Gasteiger partial charge in [-0.05, 0) is 30.2 Å². The fourth-order valence-electron chi connectivity index (χ4n) is 2.14. The molecule has 2 aromatic carbocycles. The molecule has 0 unspecified atom stereocenters. The first-order valence-corrected chi connectivity index (χ1v) is 8.13. The highest BCUT2D eigenvalue weighted by atomic mass is 32.2. The molecule has 0 heterocycles. The summed E-state index contributed by atoms with van der Waals surface area (Å²) in [5.74, 6) is 0. The molecule has 2 aromatic rings. The molecular formula is C15H16N2O4S. The third kappa shape index (κ3) is 2.94. The third-order valence-corrected chi connectivity index (χ3v) is 5.20. The maximum atomic E-state index is 12.6. The summed E-state index contributed by atoms with van der Waals surface area (Å²) in [6, 6.07) is 12.1. The Kier molecular flexibility index (Phi) is 4.46. The number of hydrogen-bond acceptors (Lipinski definition) is 4. The number of nitrogens with zero attached hydrogens (tertiary/aromatic N) is 2. The van der Waals surface area contributed by atoms with Crippen LogP contribution in [-0.2, 0) is 16.4 Å². The number of para-hydroxylation sites is 1. The van der Waals surface area contributed by atoms with Crippen LogP contribution in [0.3, 0.4) is 0 Å². The number of nitro groups is 1. The minimum absolute atomic E-state index is 0.0199. The lowest BCUT2D eigenvalue weighted by molar-refractivity contribution is -0.384. The maximum absolute atomic E-state index is 12.6. The number of benzene rings is 2. The summed E-state index contributed by atoms with van der Waals surface area (Å²) >= 11 is 0. The molecule has 0 aliphatic rings. The van der Waals surface area contributed by atoms with Gasteiger partial charge in [0, 0.05) is 19.2 Å². The lowest BCUT2D eigenvalue weighted by Crippen LogP contribution is -2.27. The van der Waals surface area contributed by atoms with Crippen LogP contribution in [0.5, 0.6) is 0 Å². The van der Waals surface area contributed by atoms with Crippen molar-refractivity contribution in [3.63, 3.8) is 0 Å². The second-order valence-corrected chi connectivity index (χ2v) is 6.68. The normalized spacial score (nSPS) is 11.2. The van der Waals surface area contributed by atoms with Crippen LogP contribution in [-0.4, -0.2) is 20.4 Å². The number of anilines is 1. The van der Waals surface area contributed by atoms with Gasteiger partial charge in [-0.1, -0.05) is 25.1 Å². The number of nitro benzene ring substituents is 1. The average molecular weight is 320 g/mol. The molecule has 0 saturated heterocycles. The lowest BCUT2D eigenvalue weighted by Gasteiger charge is -2.22. The Bertz CT molecular complexity index is 785. The van der Waals surface area contributed by atoms with Gasteiger partial charge in [-0.3, -0.25) is 14.4 Å². The smallest absolute Gasteiger partial charge is 0.269 e. The van der Waals surface area contributed by atoms with Gasteiger partial charge in [-0.2, -0.15) is 0 Å². The zero-order chi connectivity index (χ0) is 16.3. The number of hydrogen-bond donors (Lipinski definition) is 0. The second-order valence-electron chi connectivity index (χ2n) is 4.71. The summed E-state index contributed by atoms with van der Waals surface area (Å²) in [4.78, 5) is 10.1. The van der Waals surface area contributed by atoms with E-state index in [9.17, 15) is 18.5 Å². The molecule has 0 N–H and O–H groups in total.